The Hall–Kier alpha value is -0.340. The quantitative estimate of drug-likeness (QED) is 0.386. The maximum Gasteiger partial charge on any atom is 0.0669 e. The van der Waals surface area contributed by atoms with Gasteiger partial charge in [0.2, 0.25) is 0 Å². The lowest BCUT2D eigenvalue weighted by Gasteiger charge is -2.37. The average Bonchev–Trinajstić information content (AvgIpc) is 2.82. The topological polar surface area (TPSA) is 35.2 Å². The molecule has 24 heavy (non-hydrogen) atoms. The highest BCUT2D eigenvalue weighted by molar-refractivity contribution is 5.19. The van der Waals surface area contributed by atoms with Gasteiger partial charge in [0.15, 0.2) is 0 Å². The molecule has 3 rings (SSSR count). The van der Waals surface area contributed by atoms with Crippen molar-refractivity contribution in [2.45, 2.75) is 102 Å². The van der Waals surface area contributed by atoms with Crippen LogP contribution in [-0.4, -0.2) is 18.8 Å². The molecule has 1 saturated heterocycles. The zero-order valence-electron chi connectivity index (χ0n) is 16.0. The van der Waals surface area contributed by atoms with Crippen LogP contribution >= 0.6 is 0 Å². The van der Waals surface area contributed by atoms with Crippen LogP contribution in [0.4, 0.5) is 0 Å². The van der Waals surface area contributed by atoms with Crippen molar-refractivity contribution < 1.29 is 4.74 Å². The highest BCUT2D eigenvalue weighted by Gasteiger charge is 2.39. The molecule has 3 aliphatic rings. The molecule has 2 heteroatoms. The number of unbranched alkanes of at least 4 members (excludes halogenated alkanes) is 7. The van der Waals surface area contributed by atoms with Crippen LogP contribution < -0.4 is 5.73 Å². The van der Waals surface area contributed by atoms with E-state index < -0.39 is 0 Å². The Bertz CT molecular complexity index is 426. The van der Waals surface area contributed by atoms with E-state index in [2.05, 4.69) is 13.0 Å². The molecule has 0 spiro atoms. The summed E-state index contributed by atoms with van der Waals surface area (Å²) in [4.78, 5) is 0. The summed E-state index contributed by atoms with van der Waals surface area (Å²) in [6, 6.07) is 0. The Balaban J connectivity index is 1.14. The van der Waals surface area contributed by atoms with E-state index in [-0.39, 0.29) is 5.54 Å². The fourth-order valence-electron chi connectivity index (χ4n) is 5.40. The number of allylic oxidation sites excluding steroid dienone is 2. The van der Waals surface area contributed by atoms with Crippen LogP contribution in [0.3, 0.4) is 0 Å². The van der Waals surface area contributed by atoms with Gasteiger partial charge in [0.25, 0.3) is 0 Å². The summed E-state index contributed by atoms with van der Waals surface area (Å²) in [5.74, 6) is 0.937. The Labute approximate surface area is 149 Å². The lowest BCUT2D eigenvalue weighted by Crippen LogP contribution is -2.57. The molecule has 2 N–H and O–H groups in total. The number of nitrogens with two attached hydrogens (primary N) is 1. The van der Waals surface area contributed by atoms with Gasteiger partial charge in [-0.05, 0) is 49.9 Å². The van der Waals surface area contributed by atoms with Crippen molar-refractivity contribution in [2.75, 3.05) is 13.2 Å². The zero-order valence-corrected chi connectivity index (χ0v) is 16.0. The molecular weight excluding hydrogens is 294 g/mol. The molecule has 2 bridgehead atoms. The molecule has 1 saturated carbocycles. The van der Waals surface area contributed by atoms with Crippen molar-refractivity contribution in [3.05, 3.63) is 11.6 Å². The summed E-state index contributed by atoms with van der Waals surface area (Å²) < 4.78 is 5.21. The van der Waals surface area contributed by atoms with Crippen molar-refractivity contribution >= 4 is 0 Å². The van der Waals surface area contributed by atoms with Crippen LogP contribution in [-0.2, 0) is 4.74 Å². The number of hydrogen-bond donors (Lipinski definition) is 1. The second kappa shape index (κ2) is 8.36. The summed E-state index contributed by atoms with van der Waals surface area (Å²) in [7, 11) is 0. The van der Waals surface area contributed by atoms with Crippen molar-refractivity contribution in [3.63, 3.8) is 0 Å². The highest BCUT2D eigenvalue weighted by atomic mass is 16.5. The fourth-order valence-corrected chi connectivity index (χ4v) is 5.40. The molecule has 0 aromatic rings. The summed E-state index contributed by atoms with van der Waals surface area (Å²) in [5, 5.41) is 0. The van der Waals surface area contributed by atoms with Crippen LogP contribution in [0.15, 0.2) is 11.6 Å². The monoisotopic (exact) mass is 333 g/mol. The molecule has 0 radical (unpaired) electrons. The van der Waals surface area contributed by atoms with E-state index in [0.717, 1.165) is 25.6 Å². The van der Waals surface area contributed by atoms with E-state index in [1.54, 1.807) is 5.57 Å². The first-order valence-corrected chi connectivity index (χ1v) is 10.6. The Morgan fingerprint density at radius 3 is 2.25 bits per heavy atom. The zero-order chi connectivity index (χ0) is 16.9. The number of rotatable bonds is 11. The van der Waals surface area contributed by atoms with Crippen LogP contribution in [0.5, 0.6) is 0 Å². The van der Waals surface area contributed by atoms with Crippen molar-refractivity contribution in [1.82, 2.24) is 0 Å². The molecule has 2 aliphatic carbocycles. The second-order valence-electron chi connectivity index (χ2n) is 9.44. The van der Waals surface area contributed by atoms with E-state index in [1.807, 2.05) is 0 Å². The highest BCUT2D eigenvalue weighted by Crippen LogP contribution is 2.52. The van der Waals surface area contributed by atoms with Crippen LogP contribution in [0.1, 0.15) is 96.8 Å². The van der Waals surface area contributed by atoms with Crippen molar-refractivity contribution in [2.24, 2.45) is 17.1 Å². The molecule has 2 fully saturated rings. The van der Waals surface area contributed by atoms with Gasteiger partial charge in [-0.3, -0.25) is 0 Å². The first-order valence-electron chi connectivity index (χ1n) is 10.6. The third-order valence-electron chi connectivity index (χ3n) is 6.73. The summed E-state index contributed by atoms with van der Waals surface area (Å²) in [6.07, 6.45) is 22.2. The minimum Gasteiger partial charge on any atom is -0.377 e. The lowest BCUT2D eigenvalue weighted by molar-refractivity contribution is -0.0582. The molecule has 138 valence electrons. The molecule has 1 heterocycles. The number of fused-ring (bicyclic) bond motifs is 2. The largest absolute Gasteiger partial charge is 0.377 e. The fraction of sp³-hybridized carbons (Fsp3) is 0.909. The number of hydrogen-bond acceptors (Lipinski definition) is 2. The molecule has 2 nitrogen and oxygen atoms in total. The Morgan fingerprint density at radius 2 is 1.62 bits per heavy atom. The number of ether oxygens (including phenoxy) is 1. The third-order valence-corrected chi connectivity index (χ3v) is 6.73. The molecule has 2 unspecified atom stereocenters. The predicted octanol–water partition coefficient (Wildman–Crippen LogP) is 5.75. The van der Waals surface area contributed by atoms with E-state index >= 15 is 0 Å². The van der Waals surface area contributed by atoms with Crippen LogP contribution in [0, 0.1) is 11.3 Å². The van der Waals surface area contributed by atoms with Gasteiger partial charge in [0, 0.05) is 0 Å². The summed E-state index contributed by atoms with van der Waals surface area (Å²) >= 11 is 0. The van der Waals surface area contributed by atoms with Gasteiger partial charge >= 0.3 is 0 Å². The molecule has 1 aliphatic heterocycles. The van der Waals surface area contributed by atoms with Crippen LogP contribution in [0.2, 0.25) is 0 Å². The normalized spacial score (nSPS) is 30.9. The Morgan fingerprint density at radius 1 is 1.00 bits per heavy atom. The van der Waals surface area contributed by atoms with Gasteiger partial charge in [-0.1, -0.05) is 69.9 Å². The lowest BCUT2D eigenvalue weighted by atomic mass is 9.69. The molecular formula is C22H39NO. The first kappa shape index (κ1) is 18.5. The van der Waals surface area contributed by atoms with Gasteiger partial charge in [-0.15, -0.1) is 0 Å². The molecule has 0 amide bonds. The maximum atomic E-state index is 6.16. The molecule has 0 aromatic heterocycles. The van der Waals surface area contributed by atoms with Gasteiger partial charge < -0.3 is 10.5 Å². The Kier molecular flexibility index (Phi) is 6.43. The van der Waals surface area contributed by atoms with Crippen LogP contribution in [0.25, 0.3) is 0 Å². The molecule has 2 atom stereocenters. The van der Waals surface area contributed by atoms with Gasteiger partial charge in [-0.2, -0.15) is 0 Å². The van der Waals surface area contributed by atoms with Gasteiger partial charge in [0.05, 0.1) is 18.8 Å². The third kappa shape index (κ3) is 5.08. The van der Waals surface area contributed by atoms with E-state index in [0.29, 0.717) is 5.41 Å². The van der Waals surface area contributed by atoms with Crippen molar-refractivity contribution in [3.8, 4) is 0 Å². The summed E-state index contributed by atoms with van der Waals surface area (Å²) in [5.41, 5.74) is 8.67. The van der Waals surface area contributed by atoms with Crippen molar-refractivity contribution in [1.29, 1.82) is 0 Å². The minimum atomic E-state index is 0.0327. The summed E-state index contributed by atoms with van der Waals surface area (Å²) in [6.45, 7) is 4.02. The predicted molar refractivity (Wildman–Crippen MR) is 102 cm³/mol. The maximum absolute atomic E-state index is 6.16. The average molecular weight is 334 g/mol. The van der Waals surface area contributed by atoms with Gasteiger partial charge in [-0.25, -0.2) is 0 Å². The standard InChI is InChI=1S/C22H39NO/c1-19-14-20-10-13-21(15-19,16-20)11-8-6-4-2-3-5-7-9-12-22(23)17-24-18-22/h10,19H,2-9,11-18,23H2,1H3. The molecule has 0 aromatic carbocycles. The minimum absolute atomic E-state index is 0.0327. The van der Waals surface area contributed by atoms with E-state index in [9.17, 15) is 0 Å². The van der Waals surface area contributed by atoms with Gasteiger partial charge in [0.1, 0.15) is 0 Å². The first-order chi connectivity index (χ1) is 11.6. The SMILES string of the molecule is CC1CC2=CCC(CCCCCCCCCCC3(N)COC3)(C2)C1. The smallest absolute Gasteiger partial charge is 0.0669 e. The van der Waals surface area contributed by atoms with E-state index in [1.165, 1.54) is 83.5 Å². The van der Waals surface area contributed by atoms with E-state index in [4.69, 9.17) is 10.5 Å². The second-order valence-corrected chi connectivity index (χ2v) is 9.44.